The van der Waals surface area contributed by atoms with Crippen molar-refractivity contribution in [3.05, 3.63) is 18.2 Å². The fraction of sp³-hybridized carbons (Fsp3) is 0.778. The molecule has 3 heterocycles. The number of nitrogens with zero attached hydrogens (tertiary/aromatic N) is 4. The van der Waals surface area contributed by atoms with Gasteiger partial charge in [-0.1, -0.05) is 0 Å². The molecule has 0 aromatic carbocycles. The summed E-state index contributed by atoms with van der Waals surface area (Å²) in [7, 11) is 1.95. The summed E-state index contributed by atoms with van der Waals surface area (Å²) in [5, 5.41) is 3.17. The highest BCUT2D eigenvalue weighted by molar-refractivity contribution is 5.77. The molecule has 2 aliphatic rings. The number of likely N-dealkylation sites (tertiary alicyclic amines) is 2. The van der Waals surface area contributed by atoms with E-state index in [0.717, 1.165) is 45.6 Å². The number of hydrogen-bond acceptors (Lipinski definition) is 4. The Balaban J connectivity index is 1.62. The molecule has 2 saturated heterocycles. The molecule has 1 aromatic heterocycles. The van der Waals surface area contributed by atoms with Crippen molar-refractivity contribution in [1.29, 1.82) is 0 Å². The average Bonchev–Trinajstić information content (AvgIpc) is 3.02. The summed E-state index contributed by atoms with van der Waals surface area (Å²) in [5.74, 6) is 0.960. The van der Waals surface area contributed by atoms with E-state index >= 15 is 0 Å². The Morgan fingerprint density at radius 3 is 2.96 bits per heavy atom. The van der Waals surface area contributed by atoms with Crippen LogP contribution in [0.15, 0.2) is 12.5 Å². The molecule has 1 N–H and O–H groups in total. The lowest BCUT2D eigenvalue weighted by molar-refractivity contribution is -0.141. The summed E-state index contributed by atoms with van der Waals surface area (Å²) in [5.41, 5.74) is 1.29. The van der Waals surface area contributed by atoms with Gasteiger partial charge in [-0.25, -0.2) is 4.98 Å². The number of imidazole rings is 1. The molecule has 0 bridgehead atoms. The monoisotopic (exact) mass is 333 g/mol. The highest BCUT2D eigenvalue weighted by atomic mass is 16.2. The summed E-state index contributed by atoms with van der Waals surface area (Å²) >= 11 is 0. The van der Waals surface area contributed by atoms with Crippen molar-refractivity contribution in [2.75, 3.05) is 33.2 Å². The Morgan fingerprint density at radius 1 is 1.38 bits per heavy atom. The van der Waals surface area contributed by atoms with Gasteiger partial charge in [-0.15, -0.1) is 0 Å². The first-order valence-electron chi connectivity index (χ1n) is 9.27. The molecule has 0 unspecified atom stereocenters. The van der Waals surface area contributed by atoms with Gasteiger partial charge in [0.2, 0.25) is 5.91 Å². The summed E-state index contributed by atoms with van der Waals surface area (Å²) in [6, 6.07) is 0.884. The third kappa shape index (κ3) is 3.64. The van der Waals surface area contributed by atoms with Crippen molar-refractivity contribution in [2.45, 2.75) is 51.7 Å². The maximum Gasteiger partial charge on any atom is 0.222 e. The minimum Gasteiger partial charge on any atom is -0.338 e. The number of likely N-dealkylation sites (N-methyl/N-ethyl adjacent to an activating group) is 1. The lowest BCUT2D eigenvalue weighted by atomic mass is 9.83. The van der Waals surface area contributed by atoms with Crippen molar-refractivity contribution < 1.29 is 4.79 Å². The fourth-order valence-corrected chi connectivity index (χ4v) is 4.24. The van der Waals surface area contributed by atoms with Crippen molar-refractivity contribution in [3.63, 3.8) is 0 Å². The lowest BCUT2D eigenvalue weighted by Gasteiger charge is -2.47. The molecule has 1 amide bonds. The maximum atomic E-state index is 12.3. The normalized spacial score (nSPS) is 25.3. The topological polar surface area (TPSA) is 53.4 Å². The van der Waals surface area contributed by atoms with Crippen LogP contribution in [0, 0.1) is 5.92 Å². The van der Waals surface area contributed by atoms with Crippen molar-refractivity contribution in [1.82, 2.24) is 24.7 Å². The van der Waals surface area contributed by atoms with Crippen LogP contribution < -0.4 is 5.32 Å². The number of aromatic nitrogens is 2. The first kappa shape index (κ1) is 17.4. The van der Waals surface area contributed by atoms with E-state index in [4.69, 9.17) is 0 Å². The zero-order valence-corrected chi connectivity index (χ0v) is 15.2. The molecule has 3 rings (SSSR count). The highest BCUT2D eigenvalue weighted by Gasteiger charge is 2.38. The number of carbonyl (C=O) groups excluding carboxylic acids is 1. The van der Waals surface area contributed by atoms with Crippen LogP contribution in [0.25, 0.3) is 0 Å². The van der Waals surface area contributed by atoms with Gasteiger partial charge in [-0.3, -0.25) is 9.69 Å². The van der Waals surface area contributed by atoms with Crippen molar-refractivity contribution in [2.24, 2.45) is 5.92 Å². The number of carbonyl (C=O) groups is 1. The van der Waals surface area contributed by atoms with Gasteiger partial charge in [-0.2, -0.15) is 0 Å². The molecule has 0 saturated carbocycles. The van der Waals surface area contributed by atoms with E-state index in [1.165, 1.54) is 5.69 Å². The van der Waals surface area contributed by atoms with Gasteiger partial charge < -0.3 is 14.8 Å². The second-order valence-corrected chi connectivity index (χ2v) is 7.47. The molecular formula is C18H31N5O. The van der Waals surface area contributed by atoms with E-state index < -0.39 is 0 Å². The van der Waals surface area contributed by atoms with Crippen LogP contribution in [-0.2, 0) is 11.3 Å². The highest BCUT2D eigenvalue weighted by Crippen LogP contribution is 2.31. The molecule has 0 radical (unpaired) electrons. The molecule has 2 aliphatic heterocycles. The molecule has 0 spiro atoms. The van der Waals surface area contributed by atoms with Crippen molar-refractivity contribution >= 4 is 5.91 Å². The second-order valence-electron chi connectivity index (χ2n) is 7.47. The minimum absolute atomic E-state index is 0.345. The van der Waals surface area contributed by atoms with E-state index in [1.54, 1.807) is 0 Å². The zero-order valence-electron chi connectivity index (χ0n) is 15.2. The number of hydrogen-bond donors (Lipinski definition) is 1. The zero-order chi connectivity index (χ0) is 17.1. The summed E-state index contributed by atoms with van der Waals surface area (Å²) in [4.78, 5) is 21.3. The Morgan fingerprint density at radius 2 is 2.21 bits per heavy atom. The number of fused-ring (bicyclic) bond motifs is 1. The molecule has 2 atom stereocenters. The van der Waals surface area contributed by atoms with E-state index in [-0.39, 0.29) is 0 Å². The molecule has 0 aliphatic carbocycles. The Kier molecular flexibility index (Phi) is 5.56. The van der Waals surface area contributed by atoms with Gasteiger partial charge >= 0.3 is 0 Å². The molecule has 6 heteroatoms. The Bertz CT molecular complexity index is 555. The quantitative estimate of drug-likeness (QED) is 0.857. The predicted octanol–water partition coefficient (Wildman–Crippen LogP) is 1.50. The molecule has 2 fully saturated rings. The first-order valence-corrected chi connectivity index (χ1v) is 9.27. The first-order chi connectivity index (χ1) is 11.6. The Hall–Kier alpha value is -1.40. The smallest absolute Gasteiger partial charge is 0.222 e. The minimum atomic E-state index is 0.345. The third-order valence-corrected chi connectivity index (χ3v) is 5.52. The molecular weight excluding hydrogens is 302 g/mol. The van der Waals surface area contributed by atoms with E-state index in [1.807, 2.05) is 19.6 Å². The molecule has 6 nitrogen and oxygen atoms in total. The standard InChI is InChI=1S/C18H31N5O/c1-14(2)23-13-20-10-16(23)12-21-8-6-17-15(11-21)4-5-18(24)22(17)9-7-19-3/h10,13-15,17,19H,4-9,11-12H2,1-3H3/t15-,17+/m0/s1. The van der Waals surface area contributed by atoms with Gasteiger partial charge in [0, 0.05) is 57.4 Å². The molecule has 24 heavy (non-hydrogen) atoms. The maximum absolute atomic E-state index is 12.3. The average molecular weight is 333 g/mol. The fourth-order valence-electron chi connectivity index (χ4n) is 4.24. The second kappa shape index (κ2) is 7.66. The number of rotatable bonds is 6. The summed E-state index contributed by atoms with van der Waals surface area (Å²) < 4.78 is 2.26. The van der Waals surface area contributed by atoms with Crippen LogP contribution in [0.2, 0.25) is 0 Å². The van der Waals surface area contributed by atoms with Gasteiger partial charge in [-0.05, 0) is 39.7 Å². The van der Waals surface area contributed by atoms with Crippen LogP contribution in [0.3, 0.4) is 0 Å². The lowest BCUT2D eigenvalue weighted by Crippen LogP contribution is -2.56. The van der Waals surface area contributed by atoms with E-state index in [9.17, 15) is 4.79 Å². The van der Waals surface area contributed by atoms with Crippen molar-refractivity contribution in [3.8, 4) is 0 Å². The number of piperidine rings is 2. The Labute approximate surface area is 145 Å². The van der Waals surface area contributed by atoms with Gasteiger partial charge in [0.25, 0.3) is 0 Å². The van der Waals surface area contributed by atoms with Gasteiger partial charge in [0.05, 0.1) is 12.0 Å². The van der Waals surface area contributed by atoms with Crippen LogP contribution in [0.1, 0.15) is 44.8 Å². The van der Waals surface area contributed by atoms with Crippen LogP contribution in [-0.4, -0.2) is 64.5 Å². The predicted molar refractivity (Wildman–Crippen MR) is 94.7 cm³/mol. The molecule has 134 valence electrons. The van der Waals surface area contributed by atoms with Crippen LogP contribution >= 0.6 is 0 Å². The van der Waals surface area contributed by atoms with Crippen LogP contribution in [0.5, 0.6) is 0 Å². The third-order valence-electron chi connectivity index (χ3n) is 5.52. The van der Waals surface area contributed by atoms with E-state index in [2.05, 4.69) is 38.5 Å². The van der Waals surface area contributed by atoms with Gasteiger partial charge in [0.1, 0.15) is 0 Å². The summed E-state index contributed by atoms with van der Waals surface area (Å²) in [6.07, 6.45) is 6.78. The summed E-state index contributed by atoms with van der Waals surface area (Å²) in [6.45, 7) is 9.24. The molecule has 1 aromatic rings. The van der Waals surface area contributed by atoms with Gasteiger partial charge in [0.15, 0.2) is 0 Å². The largest absolute Gasteiger partial charge is 0.338 e. The SMILES string of the molecule is CNCCN1C(=O)CC[C@H]2CN(Cc3cncn3C(C)C)CC[C@H]21. The van der Waals surface area contributed by atoms with Crippen LogP contribution in [0.4, 0.5) is 0 Å². The number of nitrogens with one attached hydrogen (secondary N) is 1. The number of amides is 1. The van der Waals surface area contributed by atoms with E-state index in [0.29, 0.717) is 30.3 Å².